The first-order valence-corrected chi connectivity index (χ1v) is 9.75. The van der Waals surface area contributed by atoms with Gasteiger partial charge in [-0.2, -0.15) is 0 Å². The largest absolute Gasteiger partial charge is 0.256 e. The Morgan fingerprint density at radius 1 is 0.920 bits per heavy atom. The van der Waals surface area contributed by atoms with E-state index in [1.165, 1.54) is 72.6 Å². The lowest BCUT2D eigenvalue weighted by molar-refractivity contribution is 0.339. The summed E-state index contributed by atoms with van der Waals surface area (Å²) in [5.74, 6) is 0.959. The topological polar surface area (TPSA) is 12.9 Å². The van der Waals surface area contributed by atoms with Gasteiger partial charge in [0.25, 0.3) is 0 Å². The Labute approximate surface area is 151 Å². The number of benzene rings is 2. The molecule has 0 radical (unpaired) electrons. The molecule has 2 aromatic carbocycles. The Kier molecular flexibility index (Phi) is 4.83. The highest BCUT2D eigenvalue weighted by Gasteiger charge is 2.13. The summed E-state index contributed by atoms with van der Waals surface area (Å²) in [6, 6.07) is 17.8. The quantitative estimate of drug-likeness (QED) is 0.517. The number of hydrogen-bond acceptors (Lipinski definition) is 1. The van der Waals surface area contributed by atoms with E-state index in [-0.39, 0.29) is 0 Å². The molecule has 1 aromatic heterocycles. The predicted molar refractivity (Wildman–Crippen MR) is 107 cm³/mol. The molecule has 0 amide bonds. The zero-order valence-corrected chi connectivity index (χ0v) is 15.2. The number of aromatic nitrogens is 1. The van der Waals surface area contributed by atoms with Crippen molar-refractivity contribution >= 4 is 10.9 Å². The molecule has 1 nitrogen and oxygen atoms in total. The molecule has 1 heterocycles. The Bertz CT molecular complexity index is 842. The van der Waals surface area contributed by atoms with Crippen molar-refractivity contribution in [1.29, 1.82) is 0 Å². The van der Waals surface area contributed by atoms with Crippen molar-refractivity contribution in [2.24, 2.45) is 5.92 Å². The van der Waals surface area contributed by atoms with Crippen LogP contribution in [-0.2, 0) is 6.42 Å². The Balaban J connectivity index is 1.53. The van der Waals surface area contributed by atoms with Crippen LogP contribution in [0.1, 0.15) is 49.7 Å². The fourth-order valence-corrected chi connectivity index (χ4v) is 4.26. The second-order valence-electron chi connectivity index (χ2n) is 7.57. The second kappa shape index (κ2) is 7.39. The zero-order valence-electron chi connectivity index (χ0n) is 15.2. The highest BCUT2D eigenvalue weighted by molar-refractivity contribution is 5.96. The van der Waals surface area contributed by atoms with Crippen LogP contribution >= 0.6 is 0 Å². The molecule has 3 aromatic rings. The fraction of sp³-hybridized carbons (Fsp3) is 0.375. The summed E-state index contributed by atoms with van der Waals surface area (Å²) >= 11 is 0. The maximum atomic E-state index is 4.57. The minimum atomic E-state index is 0.959. The van der Waals surface area contributed by atoms with Crippen LogP contribution in [0.2, 0.25) is 0 Å². The van der Waals surface area contributed by atoms with Crippen LogP contribution in [0.3, 0.4) is 0 Å². The lowest BCUT2D eigenvalue weighted by Gasteiger charge is -2.21. The third kappa shape index (κ3) is 3.61. The van der Waals surface area contributed by atoms with Gasteiger partial charge >= 0.3 is 0 Å². The summed E-state index contributed by atoms with van der Waals surface area (Å²) in [6.07, 6.45) is 11.7. The first-order chi connectivity index (χ1) is 12.3. The Hall–Kier alpha value is -2.15. The van der Waals surface area contributed by atoms with Crippen LogP contribution in [0.25, 0.3) is 22.0 Å². The molecule has 0 aliphatic heterocycles. The van der Waals surface area contributed by atoms with Crippen LogP contribution in [-0.4, -0.2) is 4.98 Å². The zero-order chi connectivity index (χ0) is 17.1. The van der Waals surface area contributed by atoms with Gasteiger partial charge < -0.3 is 0 Å². The van der Waals surface area contributed by atoms with Gasteiger partial charge in [0.2, 0.25) is 0 Å². The van der Waals surface area contributed by atoms with Gasteiger partial charge in [0.05, 0.1) is 5.52 Å². The molecule has 1 aliphatic rings. The highest BCUT2D eigenvalue weighted by Crippen LogP contribution is 2.31. The Morgan fingerprint density at radius 2 is 1.72 bits per heavy atom. The van der Waals surface area contributed by atoms with E-state index in [1.54, 1.807) is 0 Å². The maximum Gasteiger partial charge on any atom is 0.0737 e. The van der Waals surface area contributed by atoms with Crippen LogP contribution < -0.4 is 0 Å². The number of nitrogens with zero attached hydrogens (tertiary/aromatic N) is 1. The molecule has 1 aliphatic carbocycles. The summed E-state index contributed by atoms with van der Waals surface area (Å²) in [5.41, 5.74) is 6.40. The minimum absolute atomic E-state index is 0.959. The lowest BCUT2D eigenvalue weighted by Crippen LogP contribution is -2.07. The van der Waals surface area contributed by atoms with Crippen molar-refractivity contribution in [2.45, 2.75) is 51.9 Å². The van der Waals surface area contributed by atoms with E-state index >= 15 is 0 Å². The van der Waals surface area contributed by atoms with Crippen LogP contribution in [0.5, 0.6) is 0 Å². The van der Waals surface area contributed by atoms with Crippen molar-refractivity contribution < 1.29 is 0 Å². The van der Waals surface area contributed by atoms with E-state index in [4.69, 9.17) is 0 Å². The molecule has 0 bridgehead atoms. The van der Waals surface area contributed by atoms with Gasteiger partial charge in [-0.05, 0) is 54.0 Å². The first kappa shape index (κ1) is 16.3. The van der Waals surface area contributed by atoms with E-state index in [2.05, 4.69) is 54.4 Å². The molecule has 1 heteroatoms. The molecule has 4 rings (SSSR count). The number of fused-ring (bicyclic) bond motifs is 1. The van der Waals surface area contributed by atoms with E-state index in [1.807, 2.05) is 12.3 Å². The van der Waals surface area contributed by atoms with E-state index in [0.717, 1.165) is 11.4 Å². The summed E-state index contributed by atoms with van der Waals surface area (Å²) < 4.78 is 0. The van der Waals surface area contributed by atoms with Gasteiger partial charge in [-0.15, -0.1) is 0 Å². The van der Waals surface area contributed by atoms with Crippen LogP contribution in [0, 0.1) is 12.8 Å². The average molecular weight is 329 g/mol. The van der Waals surface area contributed by atoms with Gasteiger partial charge in [0.15, 0.2) is 0 Å². The van der Waals surface area contributed by atoms with Crippen molar-refractivity contribution in [3.8, 4) is 11.1 Å². The SMILES string of the molecule is Cc1ccc(-c2ccc(CCC3CCCCC3)cc2)c2cccnc12. The standard InChI is InChI=1S/C24H27N/c1-18-9-16-22(23-8-5-17-25-24(18)23)21-14-12-20(13-15-21)11-10-19-6-3-2-4-7-19/h5,8-9,12-17,19H,2-4,6-7,10-11H2,1H3. The van der Waals surface area contributed by atoms with Gasteiger partial charge in [0.1, 0.15) is 0 Å². The molecular weight excluding hydrogens is 302 g/mol. The van der Waals surface area contributed by atoms with Gasteiger partial charge in [-0.3, -0.25) is 4.98 Å². The van der Waals surface area contributed by atoms with Crippen LogP contribution in [0.15, 0.2) is 54.7 Å². The molecule has 1 saturated carbocycles. The van der Waals surface area contributed by atoms with Gasteiger partial charge in [-0.25, -0.2) is 0 Å². The minimum Gasteiger partial charge on any atom is -0.256 e. The first-order valence-electron chi connectivity index (χ1n) is 9.75. The van der Waals surface area contributed by atoms with Crippen molar-refractivity contribution in [2.75, 3.05) is 0 Å². The van der Waals surface area contributed by atoms with Gasteiger partial charge in [-0.1, -0.05) is 74.6 Å². The summed E-state index contributed by atoms with van der Waals surface area (Å²) in [6.45, 7) is 2.13. The molecule has 0 atom stereocenters. The van der Waals surface area contributed by atoms with Crippen molar-refractivity contribution in [1.82, 2.24) is 4.98 Å². The summed E-state index contributed by atoms with van der Waals surface area (Å²) in [4.78, 5) is 4.57. The number of aryl methyl sites for hydroxylation is 2. The molecule has 1 fully saturated rings. The van der Waals surface area contributed by atoms with E-state index in [9.17, 15) is 0 Å². The average Bonchev–Trinajstić information content (AvgIpc) is 2.68. The molecule has 128 valence electrons. The highest BCUT2D eigenvalue weighted by atomic mass is 14.6. The Morgan fingerprint density at radius 3 is 2.52 bits per heavy atom. The third-order valence-corrected chi connectivity index (χ3v) is 5.80. The summed E-state index contributed by atoms with van der Waals surface area (Å²) in [7, 11) is 0. The molecule has 25 heavy (non-hydrogen) atoms. The van der Waals surface area contributed by atoms with Crippen molar-refractivity contribution in [3.63, 3.8) is 0 Å². The monoisotopic (exact) mass is 329 g/mol. The number of rotatable bonds is 4. The lowest BCUT2D eigenvalue weighted by atomic mass is 9.85. The predicted octanol–water partition coefficient (Wildman–Crippen LogP) is 6.72. The summed E-state index contributed by atoms with van der Waals surface area (Å²) in [5, 5.41) is 1.25. The molecule has 0 unspecified atom stereocenters. The fourth-order valence-electron chi connectivity index (χ4n) is 4.26. The molecular formula is C24H27N. The molecule has 0 N–H and O–H groups in total. The van der Waals surface area contributed by atoms with E-state index in [0.29, 0.717) is 0 Å². The second-order valence-corrected chi connectivity index (χ2v) is 7.57. The normalized spacial score (nSPS) is 15.6. The number of hydrogen-bond donors (Lipinski definition) is 0. The molecule has 0 saturated heterocycles. The number of pyridine rings is 1. The smallest absolute Gasteiger partial charge is 0.0737 e. The maximum absolute atomic E-state index is 4.57. The molecule has 0 spiro atoms. The van der Waals surface area contributed by atoms with Crippen LogP contribution in [0.4, 0.5) is 0 Å². The third-order valence-electron chi connectivity index (χ3n) is 5.80. The van der Waals surface area contributed by atoms with Crippen molar-refractivity contribution in [3.05, 3.63) is 65.9 Å². The van der Waals surface area contributed by atoms with E-state index < -0.39 is 0 Å². The van der Waals surface area contributed by atoms with Gasteiger partial charge in [0, 0.05) is 11.6 Å².